The highest BCUT2D eigenvalue weighted by molar-refractivity contribution is 7.89. The quantitative estimate of drug-likeness (QED) is 0.589. The molecule has 0 saturated carbocycles. The fraction of sp³-hybridized carbons (Fsp3) is 0.300. The van der Waals surface area contributed by atoms with Crippen molar-refractivity contribution in [3.63, 3.8) is 0 Å². The SMILES string of the molecule is Cc1ccc(N=C=O)cc1S(=O)(=O)N(C)C. The minimum atomic E-state index is -3.50. The fourth-order valence-electron chi connectivity index (χ4n) is 1.19. The van der Waals surface area contributed by atoms with Crippen LogP contribution in [0.5, 0.6) is 0 Å². The van der Waals surface area contributed by atoms with E-state index in [-0.39, 0.29) is 10.6 Å². The zero-order valence-corrected chi connectivity index (χ0v) is 10.1. The van der Waals surface area contributed by atoms with Gasteiger partial charge in [-0.05, 0) is 24.6 Å². The summed E-state index contributed by atoms with van der Waals surface area (Å²) in [5.74, 6) is 0. The lowest BCUT2D eigenvalue weighted by Crippen LogP contribution is -2.22. The van der Waals surface area contributed by atoms with E-state index in [1.165, 1.54) is 26.2 Å². The summed E-state index contributed by atoms with van der Waals surface area (Å²) in [6.07, 6.45) is 1.38. The Labute approximate surface area is 94.5 Å². The van der Waals surface area contributed by atoms with Crippen LogP contribution in [-0.2, 0) is 14.8 Å². The van der Waals surface area contributed by atoms with Gasteiger partial charge < -0.3 is 0 Å². The molecule has 86 valence electrons. The summed E-state index contributed by atoms with van der Waals surface area (Å²) in [6.45, 7) is 1.69. The Hall–Kier alpha value is -1.49. The predicted octanol–water partition coefficient (Wildman–Crippen LogP) is 1.21. The lowest BCUT2D eigenvalue weighted by atomic mass is 10.2. The molecule has 0 aromatic heterocycles. The van der Waals surface area contributed by atoms with Gasteiger partial charge in [-0.2, -0.15) is 4.99 Å². The number of benzene rings is 1. The number of aryl methyl sites for hydroxylation is 1. The number of aliphatic imine (C=N–C) groups is 1. The van der Waals surface area contributed by atoms with Crippen molar-refractivity contribution in [3.05, 3.63) is 23.8 Å². The molecule has 5 nitrogen and oxygen atoms in total. The average molecular weight is 240 g/mol. The Kier molecular flexibility index (Phi) is 3.59. The molecule has 0 heterocycles. The van der Waals surface area contributed by atoms with E-state index in [0.29, 0.717) is 5.56 Å². The number of isocyanates is 1. The zero-order chi connectivity index (χ0) is 12.3. The molecule has 1 aromatic rings. The maximum Gasteiger partial charge on any atom is 0.242 e. The van der Waals surface area contributed by atoms with Crippen molar-refractivity contribution in [1.82, 2.24) is 4.31 Å². The highest BCUT2D eigenvalue weighted by Crippen LogP contribution is 2.23. The van der Waals surface area contributed by atoms with Crippen molar-refractivity contribution in [3.8, 4) is 0 Å². The lowest BCUT2D eigenvalue weighted by molar-refractivity contribution is 0.520. The molecule has 0 fully saturated rings. The number of nitrogens with zero attached hydrogens (tertiary/aromatic N) is 2. The van der Waals surface area contributed by atoms with Gasteiger partial charge in [0.2, 0.25) is 16.1 Å². The van der Waals surface area contributed by atoms with Gasteiger partial charge in [0, 0.05) is 14.1 Å². The third-order valence-corrected chi connectivity index (χ3v) is 4.06. The summed E-state index contributed by atoms with van der Waals surface area (Å²) >= 11 is 0. The first kappa shape index (κ1) is 12.6. The van der Waals surface area contributed by atoms with Crippen LogP contribution in [0.2, 0.25) is 0 Å². The molecule has 0 N–H and O–H groups in total. The summed E-state index contributed by atoms with van der Waals surface area (Å²) in [7, 11) is -0.607. The van der Waals surface area contributed by atoms with Crippen LogP contribution < -0.4 is 0 Å². The Bertz CT molecular complexity index is 543. The van der Waals surface area contributed by atoms with E-state index in [2.05, 4.69) is 4.99 Å². The number of rotatable bonds is 3. The van der Waals surface area contributed by atoms with Gasteiger partial charge in [-0.25, -0.2) is 17.5 Å². The summed E-state index contributed by atoms with van der Waals surface area (Å²) in [5, 5.41) is 0. The minimum absolute atomic E-state index is 0.147. The number of hydrogen-bond acceptors (Lipinski definition) is 4. The molecule has 0 aliphatic rings. The molecule has 0 aliphatic heterocycles. The second-order valence-corrected chi connectivity index (χ2v) is 5.56. The molecule has 0 atom stereocenters. The Morgan fingerprint density at radius 1 is 1.31 bits per heavy atom. The first-order valence-corrected chi connectivity index (χ1v) is 5.94. The zero-order valence-electron chi connectivity index (χ0n) is 9.26. The normalized spacial score (nSPS) is 11.2. The number of sulfonamides is 1. The second kappa shape index (κ2) is 4.57. The van der Waals surface area contributed by atoms with Gasteiger partial charge in [-0.1, -0.05) is 6.07 Å². The molecule has 0 radical (unpaired) electrons. The van der Waals surface area contributed by atoms with Gasteiger partial charge >= 0.3 is 0 Å². The lowest BCUT2D eigenvalue weighted by Gasteiger charge is -2.13. The molecule has 16 heavy (non-hydrogen) atoms. The molecule has 6 heteroatoms. The number of carbonyl (C=O) groups excluding carboxylic acids is 1. The molecule has 0 amide bonds. The molecule has 1 aromatic carbocycles. The molecule has 0 aliphatic carbocycles. The minimum Gasteiger partial charge on any atom is -0.211 e. The molecule has 0 saturated heterocycles. The van der Waals surface area contributed by atoms with E-state index in [1.807, 2.05) is 0 Å². The first-order chi connectivity index (χ1) is 7.39. The molecule has 0 bridgehead atoms. The molecular weight excluding hydrogens is 228 g/mol. The first-order valence-electron chi connectivity index (χ1n) is 4.50. The summed E-state index contributed by atoms with van der Waals surface area (Å²) in [4.78, 5) is 13.6. The van der Waals surface area contributed by atoms with Gasteiger partial charge in [0.05, 0.1) is 10.6 Å². The fourth-order valence-corrected chi connectivity index (χ4v) is 2.32. The van der Waals surface area contributed by atoms with E-state index < -0.39 is 10.0 Å². The van der Waals surface area contributed by atoms with Crippen LogP contribution >= 0.6 is 0 Å². The largest absolute Gasteiger partial charge is 0.242 e. The van der Waals surface area contributed by atoms with Gasteiger partial charge in [-0.3, -0.25) is 0 Å². The summed E-state index contributed by atoms with van der Waals surface area (Å²) in [5.41, 5.74) is 0.888. The van der Waals surface area contributed by atoms with Crippen molar-refractivity contribution in [2.24, 2.45) is 4.99 Å². The van der Waals surface area contributed by atoms with Crippen LogP contribution in [0.3, 0.4) is 0 Å². The van der Waals surface area contributed by atoms with Crippen LogP contribution in [0.4, 0.5) is 5.69 Å². The van der Waals surface area contributed by atoms with E-state index in [1.54, 1.807) is 19.1 Å². The van der Waals surface area contributed by atoms with Gasteiger partial charge in [-0.15, -0.1) is 0 Å². The van der Waals surface area contributed by atoms with Crippen molar-refractivity contribution in [2.45, 2.75) is 11.8 Å². The van der Waals surface area contributed by atoms with Crippen LogP contribution in [0.25, 0.3) is 0 Å². The highest BCUT2D eigenvalue weighted by atomic mass is 32.2. The Morgan fingerprint density at radius 2 is 1.94 bits per heavy atom. The smallest absolute Gasteiger partial charge is 0.211 e. The Balaban J connectivity index is 3.44. The maximum absolute atomic E-state index is 11.9. The Morgan fingerprint density at radius 3 is 2.44 bits per heavy atom. The molecule has 1 rings (SSSR count). The van der Waals surface area contributed by atoms with E-state index in [0.717, 1.165) is 4.31 Å². The third-order valence-electron chi connectivity index (χ3n) is 2.11. The van der Waals surface area contributed by atoms with Gasteiger partial charge in [0.1, 0.15) is 0 Å². The van der Waals surface area contributed by atoms with Crippen molar-refractivity contribution < 1.29 is 13.2 Å². The van der Waals surface area contributed by atoms with Crippen molar-refractivity contribution >= 4 is 21.8 Å². The highest BCUT2D eigenvalue weighted by Gasteiger charge is 2.19. The van der Waals surface area contributed by atoms with E-state index >= 15 is 0 Å². The van der Waals surface area contributed by atoms with Crippen LogP contribution in [0.15, 0.2) is 28.1 Å². The van der Waals surface area contributed by atoms with Crippen LogP contribution in [-0.4, -0.2) is 32.9 Å². The number of hydrogen-bond donors (Lipinski definition) is 0. The third kappa shape index (κ3) is 2.36. The monoisotopic (exact) mass is 240 g/mol. The van der Waals surface area contributed by atoms with Crippen molar-refractivity contribution in [1.29, 1.82) is 0 Å². The van der Waals surface area contributed by atoms with Gasteiger partial charge in [0.25, 0.3) is 0 Å². The van der Waals surface area contributed by atoms with E-state index in [4.69, 9.17) is 0 Å². The van der Waals surface area contributed by atoms with Crippen molar-refractivity contribution in [2.75, 3.05) is 14.1 Å². The van der Waals surface area contributed by atoms with Gasteiger partial charge in [0.15, 0.2) is 0 Å². The molecule has 0 spiro atoms. The molecule has 0 unspecified atom stereocenters. The molecular formula is C10H12N2O3S. The standard InChI is InChI=1S/C10H12N2O3S/c1-8-4-5-9(11-7-13)6-10(8)16(14,15)12(2)3/h4-6H,1-3H3. The predicted molar refractivity (Wildman–Crippen MR) is 59.8 cm³/mol. The van der Waals surface area contributed by atoms with E-state index in [9.17, 15) is 13.2 Å². The maximum atomic E-state index is 11.9. The summed E-state index contributed by atoms with van der Waals surface area (Å²) < 4.78 is 24.9. The summed E-state index contributed by atoms with van der Waals surface area (Å²) in [6, 6.07) is 4.52. The van der Waals surface area contributed by atoms with Crippen LogP contribution in [0, 0.1) is 6.92 Å². The topological polar surface area (TPSA) is 66.8 Å². The van der Waals surface area contributed by atoms with Crippen LogP contribution in [0.1, 0.15) is 5.56 Å². The second-order valence-electron chi connectivity index (χ2n) is 3.44. The average Bonchev–Trinajstić information content (AvgIpc) is 2.20.